The van der Waals surface area contributed by atoms with Crippen molar-refractivity contribution in [1.29, 1.82) is 0 Å². The average Bonchev–Trinajstić information content (AvgIpc) is 3.33. The van der Waals surface area contributed by atoms with Crippen molar-refractivity contribution >= 4 is 17.9 Å². The van der Waals surface area contributed by atoms with Crippen LogP contribution in [0.3, 0.4) is 0 Å². The summed E-state index contributed by atoms with van der Waals surface area (Å²) in [6, 6.07) is 0. The predicted molar refractivity (Wildman–Crippen MR) is 288 cm³/mol. The molecule has 0 saturated heterocycles. The van der Waals surface area contributed by atoms with Crippen LogP contribution < -0.4 is 0 Å². The number of unbranched alkanes of at least 4 members (excludes halogenated alkanes) is 28. The quantitative estimate of drug-likeness (QED) is 0.0262. The molecule has 1 atom stereocenters. The molecule has 0 aliphatic rings. The van der Waals surface area contributed by atoms with Crippen molar-refractivity contribution in [3.63, 3.8) is 0 Å². The van der Waals surface area contributed by atoms with Gasteiger partial charge in [0.25, 0.3) is 0 Å². The van der Waals surface area contributed by atoms with E-state index in [9.17, 15) is 14.4 Å². The molecule has 0 unspecified atom stereocenters. The topological polar surface area (TPSA) is 78.9 Å². The summed E-state index contributed by atoms with van der Waals surface area (Å²) in [5.41, 5.74) is 0. The Morgan fingerprint density at radius 1 is 0.313 bits per heavy atom. The third-order valence-electron chi connectivity index (χ3n) is 12.2. The molecular weight excluding hydrogens is 829 g/mol. The Morgan fingerprint density at radius 3 is 0.970 bits per heavy atom. The number of hydrogen-bond donors (Lipinski definition) is 0. The minimum Gasteiger partial charge on any atom is -0.462 e. The van der Waals surface area contributed by atoms with Gasteiger partial charge in [-0.05, 0) is 109 Å². The Balaban J connectivity index is 4.41. The third-order valence-corrected chi connectivity index (χ3v) is 12.2. The summed E-state index contributed by atoms with van der Waals surface area (Å²) in [7, 11) is 0. The fourth-order valence-corrected chi connectivity index (χ4v) is 7.89. The van der Waals surface area contributed by atoms with E-state index in [0.29, 0.717) is 19.3 Å². The smallest absolute Gasteiger partial charge is 0.306 e. The molecule has 6 heteroatoms. The van der Waals surface area contributed by atoms with Crippen LogP contribution in [0.5, 0.6) is 0 Å². The summed E-state index contributed by atoms with van der Waals surface area (Å²) < 4.78 is 16.8. The number of hydrogen-bond acceptors (Lipinski definition) is 6. The molecule has 67 heavy (non-hydrogen) atoms. The summed E-state index contributed by atoms with van der Waals surface area (Å²) in [5.74, 6) is -0.935. The minimum absolute atomic E-state index is 0.0938. The van der Waals surface area contributed by atoms with E-state index in [0.717, 1.165) is 77.0 Å². The van der Waals surface area contributed by atoms with Gasteiger partial charge in [-0.25, -0.2) is 0 Å². The zero-order chi connectivity index (χ0) is 48.6. The van der Waals surface area contributed by atoms with E-state index in [1.165, 1.54) is 154 Å². The lowest BCUT2D eigenvalue weighted by molar-refractivity contribution is -0.167. The highest BCUT2D eigenvalue weighted by atomic mass is 16.6. The van der Waals surface area contributed by atoms with Gasteiger partial charge in [-0.3, -0.25) is 14.4 Å². The van der Waals surface area contributed by atoms with Crippen LogP contribution in [-0.2, 0) is 28.6 Å². The SMILES string of the molecule is CC/C=C\C/C=C\C/C=C\C/C=C\CCCCC(=O)O[C@@H](COC(=O)CCCCCCCCC/C=C\CCCCCC)COC(=O)CCCCCCCCCCC/C=C\CCCCCCCC. The lowest BCUT2D eigenvalue weighted by atomic mass is 10.1. The zero-order valence-corrected chi connectivity index (χ0v) is 44.2. The van der Waals surface area contributed by atoms with Crippen molar-refractivity contribution in [2.45, 2.75) is 284 Å². The molecule has 0 N–H and O–H groups in total. The fourth-order valence-electron chi connectivity index (χ4n) is 7.89. The van der Waals surface area contributed by atoms with Crippen molar-refractivity contribution in [1.82, 2.24) is 0 Å². The first-order chi connectivity index (χ1) is 33.0. The van der Waals surface area contributed by atoms with Gasteiger partial charge in [0.1, 0.15) is 13.2 Å². The second kappa shape index (κ2) is 55.4. The molecule has 0 bridgehead atoms. The molecular formula is C61H106O6. The van der Waals surface area contributed by atoms with Crippen LogP contribution in [0.25, 0.3) is 0 Å². The Kier molecular flexibility index (Phi) is 52.8. The van der Waals surface area contributed by atoms with E-state index in [1.54, 1.807) is 0 Å². The van der Waals surface area contributed by atoms with Gasteiger partial charge in [0.05, 0.1) is 0 Å². The molecule has 6 nitrogen and oxygen atoms in total. The standard InChI is InChI=1S/C61H106O6/c1-4-7-10-13-16-19-22-25-28-29-30-31-34-36-39-42-45-48-51-54-60(63)66-57-58(67-61(64)55-52-49-46-43-40-37-33-27-24-21-18-15-12-9-6-3)56-65-59(62)53-50-47-44-41-38-35-32-26-23-20-17-14-11-8-5-2/h9,12,18,20-21,23,25,27-28,33,40,43,58H,4-8,10-11,13-17,19,22,24,26,29-32,34-39,41-42,44-57H2,1-3H3/b12-9-,21-18-,23-20-,28-25-,33-27-,43-40-/t58-/m0/s1. The van der Waals surface area contributed by atoms with Crippen LogP contribution in [0, 0.1) is 0 Å². The largest absolute Gasteiger partial charge is 0.462 e. The first kappa shape index (κ1) is 63.8. The molecule has 0 rings (SSSR count). The summed E-state index contributed by atoms with van der Waals surface area (Å²) in [6.07, 6.45) is 70.3. The molecule has 0 radical (unpaired) electrons. The number of ether oxygens (including phenoxy) is 3. The van der Waals surface area contributed by atoms with E-state index in [4.69, 9.17) is 14.2 Å². The highest BCUT2D eigenvalue weighted by Crippen LogP contribution is 2.15. The van der Waals surface area contributed by atoms with Crippen molar-refractivity contribution < 1.29 is 28.6 Å². The second-order valence-corrected chi connectivity index (χ2v) is 18.8. The van der Waals surface area contributed by atoms with Crippen LogP contribution in [0.2, 0.25) is 0 Å². The number of allylic oxidation sites excluding steroid dienone is 12. The number of carbonyl (C=O) groups excluding carboxylic acids is 3. The van der Waals surface area contributed by atoms with E-state index in [2.05, 4.69) is 93.7 Å². The van der Waals surface area contributed by atoms with E-state index in [1.807, 2.05) is 0 Å². The van der Waals surface area contributed by atoms with Crippen LogP contribution in [0.1, 0.15) is 278 Å². The zero-order valence-electron chi connectivity index (χ0n) is 44.2. The molecule has 0 spiro atoms. The highest BCUT2D eigenvalue weighted by molar-refractivity contribution is 5.71. The predicted octanol–water partition coefficient (Wildman–Crippen LogP) is 19.0. The average molecular weight is 936 g/mol. The molecule has 386 valence electrons. The molecule has 0 aliphatic carbocycles. The van der Waals surface area contributed by atoms with Gasteiger partial charge in [0.15, 0.2) is 6.10 Å². The monoisotopic (exact) mass is 935 g/mol. The summed E-state index contributed by atoms with van der Waals surface area (Å²) in [4.78, 5) is 38.1. The second-order valence-electron chi connectivity index (χ2n) is 18.8. The van der Waals surface area contributed by atoms with Gasteiger partial charge in [0.2, 0.25) is 0 Å². The van der Waals surface area contributed by atoms with Crippen LogP contribution in [-0.4, -0.2) is 37.2 Å². The third kappa shape index (κ3) is 53.7. The Labute approximate surface area is 414 Å². The lowest BCUT2D eigenvalue weighted by Crippen LogP contribution is -2.30. The van der Waals surface area contributed by atoms with Gasteiger partial charge in [0, 0.05) is 19.3 Å². The van der Waals surface area contributed by atoms with Crippen LogP contribution in [0.4, 0.5) is 0 Å². The first-order valence-corrected chi connectivity index (χ1v) is 28.4. The Bertz CT molecular complexity index is 1260. The Morgan fingerprint density at radius 2 is 0.582 bits per heavy atom. The van der Waals surface area contributed by atoms with Gasteiger partial charge in [-0.1, -0.05) is 222 Å². The van der Waals surface area contributed by atoms with Crippen LogP contribution in [0.15, 0.2) is 72.9 Å². The minimum atomic E-state index is -0.799. The molecule has 0 aliphatic heterocycles. The molecule has 0 aromatic heterocycles. The van der Waals surface area contributed by atoms with E-state index in [-0.39, 0.29) is 37.5 Å². The van der Waals surface area contributed by atoms with E-state index >= 15 is 0 Å². The van der Waals surface area contributed by atoms with Crippen molar-refractivity contribution in [3.8, 4) is 0 Å². The molecule has 0 heterocycles. The van der Waals surface area contributed by atoms with Crippen molar-refractivity contribution in [2.75, 3.05) is 13.2 Å². The molecule has 0 aromatic rings. The maximum atomic E-state index is 12.8. The molecule has 0 amide bonds. The Hall–Kier alpha value is -3.15. The highest BCUT2D eigenvalue weighted by Gasteiger charge is 2.19. The maximum Gasteiger partial charge on any atom is 0.306 e. The summed E-state index contributed by atoms with van der Waals surface area (Å²) >= 11 is 0. The van der Waals surface area contributed by atoms with Gasteiger partial charge >= 0.3 is 17.9 Å². The number of rotatable bonds is 51. The number of carbonyl (C=O) groups is 3. The maximum absolute atomic E-state index is 12.8. The first-order valence-electron chi connectivity index (χ1n) is 28.4. The normalized spacial score (nSPS) is 12.6. The fraction of sp³-hybridized carbons (Fsp3) is 0.754. The van der Waals surface area contributed by atoms with Crippen molar-refractivity contribution in [2.24, 2.45) is 0 Å². The number of esters is 3. The molecule has 0 fully saturated rings. The summed E-state index contributed by atoms with van der Waals surface area (Å²) in [5, 5.41) is 0. The van der Waals surface area contributed by atoms with E-state index < -0.39 is 6.10 Å². The van der Waals surface area contributed by atoms with Gasteiger partial charge in [-0.2, -0.15) is 0 Å². The van der Waals surface area contributed by atoms with Gasteiger partial charge in [-0.15, -0.1) is 0 Å². The van der Waals surface area contributed by atoms with Crippen LogP contribution >= 0.6 is 0 Å². The lowest BCUT2D eigenvalue weighted by Gasteiger charge is -2.18. The van der Waals surface area contributed by atoms with Gasteiger partial charge < -0.3 is 14.2 Å². The summed E-state index contributed by atoms with van der Waals surface area (Å²) in [6.45, 7) is 6.49. The molecule has 0 saturated carbocycles. The molecule has 0 aromatic carbocycles. The van der Waals surface area contributed by atoms with Crippen molar-refractivity contribution in [3.05, 3.63) is 72.9 Å².